The fourth-order valence-corrected chi connectivity index (χ4v) is 2.86. The molecule has 8 heteroatoms. The maximum atomic E-state index is 12.2. The normalized spacial score (nSPS) is 18.3. The summed E-state index contributed by atoms with van der Waals surface area (Å²) in [6.07, 6.45) is 1.23. The lowest BCUT2D eigenvalue weighted by atomic mass is 9.77. The minimum atomic E-state index is -0.994. The maximum absolute atomic E-state index is 12.2. The number of rotatable bonds is 5. The van der Waals surface area contributed by atoms with Crippen molar-refractivity contribution in [1.29, 1.82) is 0 Å². The average molecular weight is 417 g/mol. The number of ether oxygens (including phenoxy) is 1. The van der Waals surface area contributed by atoms with Crippen LogP contribution in [0.4, 0.5) is 4.79 Å². The third-order valence-corrected chi connectivity index (χ3v) is 5.24. The number of aryl methyl sites for hydroxylation is 1. The summed E-state index contributed by atoms with van der Waals surface area (Å²) in [6.45, 7) is 15.0. The van der Waals surface area contributed by atoms with E-state index in [0.29, 0.717) is 16.6 Å². The van der Waals surface area contributed by atoms with E-state index in [9.17, 15) is 14.7 Å². The molecule has 1 heterocycles. The number of carbonyl (C=O) groups excluding carboxylic acids is 1. The van der Waals surface area contributed by atoms with Gasteiger partial charge in [0.05, 0.1) is 16.8 Å². The van der Waals surface area contributed by atoms with E-state index in [1.165, 1.54) is 0 Å². The number of hydrogen-bond donors (Lipinski definition) is 2. The van der Waals surface area contributed by atoms with E-state index >= 15 is 0 Å². The van der Waals surface area contributed by atoms with E-state index in [1.807, 2.05) is 33.8 Å². The monoisotopic (exact) mass is 417 g/mol. The van der Waals surface area contributed by atoms with Crippen LogP contribution in [0.3, 0.4) is 0 Å². The van der Waals surface area contributed by atoms with Crippen molar-refractivity contribution in [3.05, 3.63) is 40.4 Å². The van der Waals surface area contributed by atoms with Gasteiger partial charge in [0.25, 0.3) is 0 Å². The first-order chi connectivity index (χ1) is 13.6. The second-order valence-corrected chi connectivity index (χ2v) is 9.54. The van der Waals surface area contributed by atoms with Crippen molar-refractivity contribution in [2.45, 2.75) is 72.2 Å². The average Bonchev–Trinajstić information content (AvgIpc) is 2.78. The fourth-order valence-electron chi connectivity index (χ4n) is 2.86. The zero-order valence-electron chi connectivity index (χ0n) is 19.1. The van der Waals surface area contributed by atoms with E-state index in [4.69, 9.17) is 14.0 Å². The molecule has 0 saturated carbocycles. The largest absolute Gasteiger partial charge is 0.492 e. The van der Waals surface area contributed by atoms with Crippen molar-refractivity contribution in [2.24, 2.45) is 0 Å². The molecule has 30 heavy (non-hydrogen) atoms. The first kappa shape index (κ1) is 24.0. The summed E-state index contributed by atoms with van der Waals surface area (Å²) in [5.41, 5.74) is 0.491. The van der Waals surface area contributed by atoms with E-state index in [0.717, 1.165) is 0 Å². The van der Waals surface area contributed by atoms with Crippen molar-refractivity contribution in [1.82, 2.24) is 5.32 Å². The van der Waals surface area contributed by atoms with E-state index < -0.39 is 36.0 Å². The molecule has 0 bridgehead atoms. The first-order valence-corrected chi connectivity index (χ1v) is 9.98. The molecule has 1 aliphatic heterocycles. The minimum Gasteiger partial charge on any atom is -0.478 e. The predicted octanol–water partition coefficient (Wildman–Crippen LogP) is 4.23. The van der Waals surface area contributed by atoms with Crippen molar-refractivity contribution < 1.29 is 28.7 Å². The number of benzene rings is 1. The van der Waals surface area contributed by atoms with E-state index in [-0.39, 0.29) is 12.1 Å². The van der Waals surface area contributed by atoms with Gasteiger partial charge in [-0.2, -0.15) is 0 Å². The van der Waals surface area contributed by atoms with Crippen LogP contribution in [-0.2, 0) is 14.0 Å². The number of hydrogen-bond acceptors (Lipinski definition) is 5. The second kappa shape index (κ2) is 8.43. The smallest absolute Gasteiger partial charge is 0.478 e. The van der Waals surface area contributed by atoms with Gasteiger partial charge in [-0.15, -0.1) is 0 Å². The van der Waals surface area contributed by atoms with Gasteiger partial charge in [0.15, 0.2) is 0 Å². The third kappa shape index (κ3) is 5.86. The molecule has 0 atom stereocenters. The second-order valence-electron chi connectivity index (χ2n) is 9.54. The lowest BCUT2D eigenvalue weighted by molar-refractivity contribution is 0.00578. The molecule has 0 aromatic heterocycles. The molecule has 164 valence electrons. The summed E-state index contributed by atoms with van der Waals surface area (Å²) in [7, 11) is -0.695. The lowest BCUT2D eigenvalue weighted by Gasteiger charge is -2.32. The van der Waals surface area contributed by atoms with Crippen LogP contribution in [0.25, 0.3) is 6.08 Å². The van der Waals surface area contributed by atoms with E-state index in [2.05, 4.69) is 5.32 Å². The Morgan fingerprint density at radius 1 is 1.17 bits per heavy atom. The summed E-state index contributed by atoms with van der Waals surface area (Å²) >= 11 is 0. The Labute approximate surface area is 178 Å². The Morgan fingerprint density at radius 3 is 2.23 bits per heavy atom. The number of amides is 1. The highest BCUT2D eigenvalue weighted by Gasteiger charge is 2.52. The predicted molar refractivity (Wildman–Crippen MR) is 116 cm³/mol. The van der Waals surface area contributed by atoms with Crippen LogP contribution in [0.15, 0.2) is 23.7 Å². The first-order valence-electron chi connectivity index (χ1n) is 9.98. The van der Waals surface area contributed by atoms with Crippen LogP contribution in [0.1, 0.15) is 70.0 Å². The van der Waals surface area contributed by atoms with Gasteiger partial charge in [-0.1, -0.05) is 18.2 Å². The maximum Gasteiger partial charge on any atom is 0.492 e. The standard InChI is InChI=1S/C22H32BNO6/c1-14-9-10-15(12-17(14)18(25)26)11-16(13-24-19(27)28-20(2,3)4)23-29-21(5,6)22(7,8)30-23/h9-12H,13H2,1-8H3,(H,24,27)(H,25,26). The summed E-state index contributed by atoms with van der Waals surface area (Å²) in [4.78, 5) is 23.6. The number of aromatic carboxylic acids is 1. The number of carbonyl (C=O) groups is 2. The summed E-state index contributed by atoms with van der Waals surface area (Å²) in [5, 5.41) is 12.1. The number of carboxylic acid groups (broad SMARTS) is 1. The molecule has 1 aromatic carbocycles. The fraction of sp³-hybridized carbons (Fsp3) is 0.545. The van der Waals surface area contributed by atoms with Crippen molar-refractivity contribution in [3.63, 3.8) is 0 Å². The lowest BCUT2D eigenvalue weighted by Crippen LogP contribution is -2.41. The van der Waals surface area contributed by atoms with Crippen molar-refractivity contribution >= 4 is 25.3 Å². The summed E-state index contributed by atoms with van der Waals surface area (Å²) in [6, 6.07) is 5.16. The SMILES string of the molecule is Cc1ccc(C=C(CNC(=O)OC(C)(C)C)B2OC(C)(C)C(C)(C)O2)cc1C(=O)O. The number of carboxylic acids is 1. The van der Waals surface area contributed by atoms with Crippen molar-refractivity contribution in [3.8, 4) is 0 Å². The Hall–Kier alpha value is -2.32. The van der Waals surface area contributed by atoms with Gasteiger partial charge >= 0.3 is 19.2 Å². The Balaban J connectivity index is 2.34. The highest BCUT2D eigenvalue weighted by molar-refractivity contribution is 6.56. The molecule has 0 spiro atoms. The Bertz CT molecular complexity index is 838. The zero-order valence-corrected chi connectivity index (χ0v) is 19.1. The van der Waals surface area contributed by atoms with Crippen LogP contribution in [-0.4, -0.2) is 47.6 Å². The third-order valence-electron chi connectivity index (χ3n) is 5.24. The van der Waals surface area contributed by atoms with Gasteiger partial charge in [-0.25, -0.2) is 9.59 Å². The zero-order chi connectivity index (χ0) is 22.9. The molecule has 2 N–H and O–H groups in total. The van der Waals surface area contributed by atoms with Gasteiger partial charge in [-0.05, 0) is 78.1 Å². The molecule has 0 aliphatic carbocycles. The van der Waals surface area contributed by atoms with Crippen LogP contribution in [0.5, 0.6) is 0 Å². The molecule has 2 rings (SSSR count). The van der Waals surface area contributed by atoms with Gasteiger partial charge in [0.2, 0.25) is 0 Å². The molecule has 0 unspecified atom stereocenters. The molecule has 0 radical (unpaired) electrons. The molecular weight excluding hydrogens is 385 g/mol. The number of nitrogens with one attached hydrogen (secondary N) is 1. The number of alkyl carbamates (subject to hydrolysis) is 1. The van der Waals surface area contributed by atoms with Gasteiger partial charge in [-0.3, -0.25) is 0 Å². The van der Waals surface area contributed by atoms with Crippen LogP contribution in [0.2, 0.25) is 0 Å². The van der Waals surface area contributed by atoms with Gasteiger partial charge in [0.1, 0.15) is 5.60 Å². The van der Waals surface area contributed by atoms with Gasteiger partial charge < -0.3 is 24.5 Å². The molecule has 1 aliphatic rings. The van der Waals surface area contributed by atoms with Crippen LogP contribution >= 0.6 is 0 Å². The van der Waals surface area contributed by atoms with Crippen molar-refractivity contribution in [2.75, 3.05) is 6.54 Å². The Morgan fingerprint density at radius 2 is 1.73 bits per heavy atom. The summed E-state index contributed by atoms with van der Waals surface area (Å²) in [5.74, 6) is -0.994. The highest BCUT2D eigenvalue weighted by Crippen LogP contribution is 2.38. The van der Waals surface area contributed by atoms with Gasteiger partial charge in [0, 0.05) is 6.54 Å². The summed E-state index contributed by atoms with van der Waals surface area (Å²) < 4.78 is 17.6. The molecule has 7 nitrogen and oxygen atoms in total. The molecular formula is C22H32BNO6. The molecule has 1 amide bonds. The van der Waals surface area contributed by atoms with E-state index in [1.54, 1.807) is 45.9 Å². The van der Waals surface area contributed by atoms with Crippen LogP contribution < -0.4 is 5.32 Å². The molecule has 1 aromatic rings. The minimum absolute atomic E-state index is 0.127. The molecule has 1 saturated heterocycles. The highest BCUT2D eigenvalue weighted by atomic mass is 16.7. The Kier molecular flexibility index (Phi) is 6.74. The molecule has 1 fully saturated rings. The quantitative estimate of drug-likeness (QED) is 0.697. The topological polar surface area (TPSA) is 94.1 Å². The van der Waals surface area contributed by atoms with Crippen LogP contribution in [0, 0.1) is 6.92 Å².